The molecule has 1 saturated carbocycles. The molecule has 0 spiro atoms. The van der Waals surface area contributed by atoms with Gasteiger partial charge < -0.3 is 26.9 Å². The minimum atomic E-state index is -1.20. The van der Waals surface area contributed by atoms with Crippen LogP contribution in [0.4, 0.5) is 0 Å². The Labute approximate surface area is 256 Å². The second kappa shape index (κ2) is 20.5. The van der Waals surface area contributed by atoms with E-state index in [1.165, 1.54) is 25.7 Å². The van der Waals surface area contributed by atoms with Gasteiger partial charge in [-0.25, -0.2) is 5.26 Å². The fourth-order valence-corrected chi connectivity index (χ4v) is 7.11. The molecule has 0 aromatic carbocycles. The van der Waals surface area contributed by atoms with Gasteiger partial charge in [-0.05, 0) is 69.3 Å². The van der Waals surface area contributed by atoms with E-state index in [-0.39, 0.29) is 40.7 Å². The van der Waals surface area contributed by atoms with Crippen molar-refractivity contribution in [2.45, 2.75) is 63.5 Å². The van der Waals surface area contributed by atoms with Crippen molar-refractivity contribution in [2.24, 2.45) is 0 Å². The molecule has 2 aromatic rings. The quantitative estimate of drug-likeness (QED) is 0.232. The Balaban J connectivity index is 0.000000299. The molecule has 5 heterocycles. The molecular formula is C27H36AlCoN4O8-. The third kappa shape index (κ3) is 11.4. The number of amides is 2. The number of aromatic nitrogens is 2. The Morgan fingerprint density at radius 1 is 0.805 bits per heavy atom. The Hall–Kier alpha value is -2.41. The van der Waals surface area contributed by atoms with Gasteiger partial charge in [0.05, 0.1) is 0 Å². The predicted octanol–water partition coefficient (Wildman–Crippen LogP) is 2.72. The molecule has 1 N–H and O–H groups in total. The summed E-state index contributed by atoms with van der Waals surface area (Å²) in [5.41, 5.74) is 0.929. The van der Waals surface area contributed by atoms with Gasteiger partial charge in [0.15, 0.2) is 0 Å². The van der Waals surface area contributed by atoms with Crippen molar-refractivity contribution in [2.75, 3.05) is 26.4 Å². The molecule has 225 valence electrons. The Bertz CT molecular complexity index is 928. The summed E-state index contributed by atoms with van der Waals surface area (Å²) in [4.78, 5) is 46.2. The van der Waals surface area contributed by atoms with Gasteiger partial charge >= 0.3 is 15.7 Å². The summed E-state index contributed by atoms with van der Waals surface area (Å²) in [5.74, 6) is -0.0824. The second-order valence-electron chi connectivity index (χ2n) is 9.42. The van der Waals surface area contributed by atoms with E-state index < -0.39 is 15.7 Å². The van der Waals surface area contributed by atoms with Crippen molar-refractivity contribution in [1.29, 1.82) is 0 Å². The first-order valence-corrected chi connectivity index (χ1v) is 14.9. The zero-order valence-electron chi connectivity index (χ0n) is 22.9. The molecule has 2 atom stereocenters. The van der Waals surface area contributed by atoms with Crippen LogP contribution in [-0.2, 0) is 41.0 Å². The molecule has 3 aliphatic heterocycles. The zero-order valence-corrected chi connectivity index (χ0v) is 25.3. The number of rotatable bonds is 4. The van der Waals surface area contributed by atoms with Crippen molar-refractivity contribution in [1.82, 2.24) is 17.7 Å². The van der Waals surface area contributed by atoms with Crippen molar-refractivity contribution >= 4 is 33.9 Å². The first kappa shape index (κ1) is 34.8. The van der Waals surface area contributed by atoms with Crippen LogP contribution < -0.4 is 0 Å². The van der Waals surface area contributed by atoms with Crippen LogP contribution in [-0.4, -0.2) is 95.5 Å². The van der Waals surface area contributed by atoms with Crippen LogP contribution in [0.2, 0.25) is 0 Å². The van der Waals surface area contributed by atoms with E-state index in [4.69, 9.17) is 19.5 Å². The molecule has 41 heavy (non-hydrogen) atoms. The van der Waals surface area contributed by atoms with Crippen LogP contribution in [0.15, 0.2) is 48.8 Å². The molecule has 1 aliphatic carbocycles. The fourth-order valence-electron chi connectivity index (χ4n) is 4.93. The molecule has 2 unspecified atom stereocenters. The normalized spacial score (nSPS) is 20.2. The summed E-state index contributed by atoms with van der Waals surface area (Å²) in [7, 11) is 0. The molecule has 0 bridgehead atoms. The van der Waals surface area contributed by atoms with E-state index in [2.05, 4.69) is 19.9 Å². The standard InChI is InChI=1S/C18H20N4O2.2C4H8O.CHO4.Al.Co.H/c23-17(15-9-3-5-11-19-15)21-13-7-1-2-8-14(13)22-18(24)16-10-4-6-12-20-16;2*1-2-4-5-3-1;2-1-4-5-3;;;/h3-6,9-14H,1-2,7-8H2,(H2,21,22,23,24);2*1-4H2;3H;;;/q;;;-1;+2;;/p-2. The summed E-state index contributed by atoms with van der Waals surface area (Å²) >= 11 is -1.20. The minimum Gasteiger partial charge on any atom is -0.495 e. The van der Waals surface area contributed by atoms with Gasteiger partial charge in [-0.1, -0.05) is 30.0 Å². The molecule has 12 nitrogen and oxygen atoms in total. The van der Waals surface area contributed by atoms with E-state index in [0.29, 0.717) is 11.4 Å². The summed E-state index contributed by atoms with van der Waals surface area (Å²) in [5, 5.41) is 9.85. The molecule has 4 aliphatic rings. The summed E-state index contributed by atoms with van der Waals surface area (Å²) < 4.78 is 13.8. The van der Waals surface area contributed by atoms with Crippen LogP contribution in [0.3, 0.4) is 0 Å². The minimum absolute atomic E-state index is 0. The predicted molar refractivity (Wildman–Crippen MR) is 145 cm³/mol. The van der Waals surface area contributed by atoms with Gasteiger partial charge in [-0.3, -0.25) is 19.6 Å². The van der Waals surface area contributed by atoms with E-state index in [0.717, 1.165) is 58.6 Å². The third-order valence-corrected chi connectivity index (χ3v) is 8.94. The van der Waals surface area contributed by atoms with E-state index >= 15 is 0 Å². The maximum atomic E-state index is 13.0. The Morgan fingerprint density at radius 3 is 1.51 bits per heavy atom. The van der Waals surface area contributed by atoms with Gasteiger partial charge in [-0.15, -0.1) is 0 Å². The average molecular weight is 631 g/mol. The molecule has 2 amide bonds. The number of nitrogens with zero attached hydrogens (tertiary/aromatic N) is 4. The van der Waals surface area contributed by atoms with Crippen LogP contribution in [0, 0.1) is 0 Å². The Morgan fingerprint density at radius 2 is 1.24 bits per heavy atom. The van der Waals surface area contributed by atoms with Crippen LogP contribution >= 0.6 is 0 Å². The number of ether oxygens (including phenoxy) is 2. The molecule has 1 radical (unpaired) electrons. The van der Waals surface area contributed by atoms with Gasteiger partial charge in [0, 0.05) is 67.7 Å². The summed E-state index contributed by atoms with van der Waals surface area (Å²) in [6, 6.07) is 11.0. The summed E-state index contributed by atoms with van der Waals surface area (Å²) in [6.07, 6.45) is 12.5. The first-order chi connectivity index (χ1) is 19.7. The van der Waals surface area contributed by atoms with Crippen LogP contribution in [0.5, 0.6) is 0 Å². The molecule has 2 aromatic heterocycles. The number of carbonyl (C=O) groups excluding carboxylic acids is 3. The topological polar surface area (TPSA) is 141 Å². The van der Waals surface area contributed by atoms with Gasteiger partial charge in [0.2, 0.25) is 11.8 Å². The third-order valence-electron chi connectivity index (χ3n) is 6.82. The second-order valence-corrected chi connectivity index (χ2v) is 11.1. The fraction of sp³-hybridized carbons (Fsp3) is 0.519. The van der Waals surface area contributed by atoms with Gasteiger partial charge in [0.25, 0.3) is 0 Å². The number of pyridine rings is 2. The van der Waals surface area contributed by atoms with Gasteiger partial charge in [-0.2, -0.15) is 0 Å². The van der Waals surface area contributed by atoms with E-state index in [1.807, 2.05) is 19.9 Å². The van der Waals surface area contributed by atoms with Crippen LogP contribution in [0.25, 0.3) is 0 Å². The number of fused-ring (bicyclic) bond motifs is 1. The maximum Gasteiger partial charge on any atom is 0.554 e. The van der Waals surface area contributed by atoms with Gasteiger partial charge in [0.1, 0.15) is 11.4 Å². The van der Waals surface area contributed by atoms with Crippen molar-refractivity contribution in [3.05, 3.63) is 60.2 Å². The monoisotopic (exact) mass is 630 g/mol. The molecule has 6 rings (SSSR count). The molecule has 3 saturated heterocycles. The largest absolute Gasteiger partial charge is 0.554 e. The summed E-state index contributed by atoms with van der Waals surface area (Å²) in [6.45, 7) is 4.80. The maximum absolute atomic E-state index is 13.0. The van der Waals surface area contributed by atoms with Crippen molar-refractivity contribution in [3.8, 4) is 0 Å². The number of hydrogen-bond donors (Lipinski definition) is 1. The van der Waals surface area contributed by atoms with E-state index in [1.54, 1.807) is 36.7 Å². The van der Waals surface area contributed by atoms with Crippen molar-refractivity contribution in [3.63, 3.8) is 0 Å². The SMILES string of the molecule is C1CCOC1.C1CCOC1.O=C(c1ccccn1)[N]1[AlH][N](C(=O)c2ccccn2)C2CCCCC21.O=[C-]OOO.[Co]. The smallest absolute Gasteiger partial charge is 0.495 e. The first-order valence-electron chi connectivity index (χ1n) is 13.6. The van der Waals surface area contributed by atoms with Crippen molar-refractivity contribution < 1.29 is 55.8 Å². The van der Waals surface area contributed by atoms with E-state index in [9.17, 15) is 9.59 Å². The Kier molecular flexibility index (Phi) is 17.4. The average Bonchev–Trinajstić information content (AvgIpc) is 3.83. The molecule has 4 fully saturated rings. The molecule has 14 heteroatoms. The number of hydrogen-bond acceptors (Lipinski definition) is 10. The molecular weight excluding hydrogens is 594 g/mol. The van der Waals surface area contributed by atoms with Crippen LogP contribution in [0.1, 0.15) is 72.3 Å². The number of carbonyl (C=O) groups is 2. The zero-order chi connectivity index (χ0) is 28.4.